The van der Waals surface area contributed by atoms with Crippen LogP contribution in [0.25, 0.3) is 20.7 Å². The predicted molar refractivity (Wildman–Crippen MR) is 99.3 cm³/mol. The van der Waals surface area contributed by atoms with E-state index >= 15 is 0 Å². The van der Waals surface area contributed by atoms with Gasteiger partial charge in [0.25, 0.3) is 5.56 Å². The zero-order valence-corrected chi connectivity index (χ0v) is 15.1. The second-order valence-electron chi connectivity index (χ2n) is 7.41. The number of hydrogen-bond acceptors (Lipinski definition) is 5. The van der Waals surface area contributed by atoms with E-state index in [0.717, 1.165) is 72.5 Å². The number of H-pyrrole nitrogens is 2. The van der Waals surface area contributed by atoms with Gasteiger partial charge in [-0.1, -0.05) is 6.92 Å². The average Bonchev–Trinajstić information content (AvgIpc) is 3.17. The number of hydrogen-bond donors (Lipinski definition) is 3. The SMILES string of the molecule is CC1(c2nc3c4c(sc3c(=O)[nH]2)-c2c[nH]nc2CCC4)CCNCC1. The summed E-state index contributed by atoms with van der Waals surface area (Å²) in [5.41, 5.74) is 4.33. The van der Waals surface area contributed by atoms with Crippen LogP contribution in [0.3, 0.4) is 0 Å². The molecule has 1 aliphatic carbocycles. The highest BCUT2D eigenvalue weighted by Gasteiger charge is 2.33. The van der Waals surface area contributed by atoms with Crippen molar-refractivity contribution in [3.8, 4) is 10.4 Å². The molecule has 1 aliphatic heterocycles. The van der Waals surface area contributed by atoms with Crippen molar-refractivity contribution in [1.29, 1.82) is 0 Å². The van der Waals surface area contributed by atoms with E-state index in [4.69, 9.17) is 4.98 Å². The highest BCUT2D eigenvalue weighted by Crippen LogP contribution is 2.41. The smallest absolute Gasteiger partial charge is 0.268 e. The standard InChI is InChI=1S/C18H21N5OS/c1-18(5-7-19-8-6-18)17-21-13-10-3-2-4-12-11(9-20-23-12)14(10)25-15(13)16(24)22-17/h9,19H,2-8H2,1H3,(H,20,23)(H,21,22,24). The Bertz CT molecular complexity index is 1010. The molecule has 0 bridgehead atoms. The minimum Gasteiger partial charge on any atom is -0.317 e. The second kappa shape index (κ2) is 5.51. The summed E-state index contributed by atoms with van der Waals surface area (Å²) in [6.07, 6.45) is 6.93. The fourth-order valence-corrected chi connectivity index (χ4v) is 5.34. The maximum atomic E-state index is 12.8. The summed E-state index contributed by atoms with van der Waals surface area (Å²) in [5.74, 6) is 0.851. The van der Waals surface area contributed by atoms with Crippen LogP contribution in [0.15, 0.2) is 11.0 Å². The Labute approximate surface area is 149 Å². The quantitative estimate of drug-likeness (QED) is 0.626. The topological polar surface area (TPSA) is 86.5 Å². The maximum Gasteiger partial charge on any atom is 0.268 e. The number of aryl methyl sites for hydroxylation is 2. The molecule has 1 saturated heterocycles. The first-order valence-corrected chi connectivity index (χ1v) is 9.77. The van der Waals surface area contributed by atoms with Crippen LogP contribution in [0.2, 0.25) is 0 Å². The molecular formula is C18H21N5OS. The Morgan fingerprint density at radius 1 is 1.24 bits per heavy atom. The molecule has 0 unspecified atom stereocenters. The molecule has 0 spiro atoms. The average molecular weight is 355 g/mol. The molecular weight excluding hydrogens is 334 g/mol. The van der Waals surface area contributed by atoms with Gasteiger partial charge in [-0.25, -0.2) is 4.98 Å². The van der Waals surface area contributed by atoms with Crippen molar-refractivity contribution in [3.63, 3.8) is 0 Å². The van der Waals surface area contributed by atoms with E-state index < -0.39 is 0 Å². The van der Waals surface area contributed by atoms with E-state index in [-0.39, 0.29) is 11.0 Å². The van der Waals surface area contributed by atoms with Crippen LogP contribution in [0.1, 0.15) is 43.3 Å². The van der Waals surface area contributed by atoms with Gasteiger partial charge in [-0.15, -0.1) is 11.3 Å². The number of aromatic nitrogens is 4. The molecule has 0 amide bonds. The third kappa shape index (κ3) is 2.29. The van der Waals surface area contributed by atoms with E-state index in [1.807, 2.05) is 6.20 Å². The van der Waals surface area contributed by atoms with Crippen molar-refractivity contribution in [2.75, 3.05) is 13.1 Å². The molecule has 0 atom stereocenters. The number of piperidine rings is 1. The van der Waals surface area contributed by atoms with E-state index in [2.05, 4.69) is 27.4 Å². The Kier molecular flexibility index (Phi) is 3.36. The van der Waals surface area contributed by atoms with Gasteiger partial charge in [-0.2, -0.15) is 5.10 Å². The van der Waals surface area contributed by atoms with Crippen LogP contribution in [-0.2, 0) is 18.3 Å². The fraction of sp³-hybridized carbons (Fsp3) is 0.500. The van der Waals surface area contributed by atoms with Gasteiger partial charge in [-0.05, 0) is 50.8 Å². The third-order valence-corrected chi connectivity index (χ3v) is 6.98. The summed E-state index contributed by atoms with van der Waals surface area (Å²) < 4.78 is 0.750. The highest BCUT2D eigenvalue weighted by atomic mass is 32.1. The summed E-state index contributed by atoms with van der Waals surface area (Å²) >= 11 is 1.56. The van der Waals surface area contributed by atoms with Crippen LogP contribution in [0, 0.1) is 0 Å². The molecule has 3 N–H and O–H groups in total. The van der Waals surface area contributed by atoms with Crippen molar-refractivity contribution in [2.24, 2.45) is 0 Å². The first-order valence-electron chi connectivity index (χ1n) is 8.96. The second-order valence-corrected chi connectivity index (χ2v) is 8.43. The Hall–Kier alpha value is -1.99. The van der Waals surface area contributed by atoms with Crippen LogP contribution < -0.4 is 10.9 Å². The molecule has 5 rings (SSSR count). The lowest BCUT2D eigenvalue weighted by Crippen LogP contribution is -2.39. The molecule has 1 fully saturated rings. The number of nitrogens with one attached hydrogen (secondary N) is 3. The number of nitrogens with zero attached hydrogens (tertiary/aromatic N) is 2. The van der Waals surface area contributed by atoms with Crippen molar-refractivity contribution < 1.29 is 0 Å². The minimum absolute atomic E-state index is 0.00266. The zero-order chi connectivity index (χ0) is 17.0. The van der Waals surface area contributed by atoms with Gasteiger partial charge in [0.2, 0.25) is 0 Å². The van der Waals surface area contributed by atoms with E-state index in [1.54, 1.807) is 11.3 Å². The molecule has 2 aliphatic rings. The van der Waals surface area contributed by atoms with Crippen molar-refractivity contribution in [3.05, 3.63) is 33.6 Å². The molecule has 0 saturated carbocycles. The molecule has 0 aromatic carbocycles. The summed E-state index contributed by atoms with van der Waals surface area (Å²) in [5, 5.41) is 10.8. The van der Waals surface area contributed by atoms with Gasteiger partial charge >= 0.3 is 0 Å². The van der Waals surface area contributed by atoms with Crippen LogP contribution in [-0.4, -0.2) is 33.3 Å². The third-order valence-electron chi connectivity index (χ3n) is 5.72. The fourth-order valence-electron chi connectivity index (χ4n) is 4.12. The molecule has 3 aromatic rings. The lowest BCUT2D eigenvalue weighted by atomic mass is 9.80. The van der Waals surface area contributed by atoms with E-state index in [9.17, 15) is 4.79 Å². The number of thiophene rings is 1. The molecule has 0 radical (unpaired) electrons. The first-order chi connectivity index (χ1) is 12.2. The monoisotopic (exact) mass is 355 g/mol. The van der Waals surface area contributed by atoms with E-state index in [0.29, 0.717) is 0 Å². The summed E-state index contributed by atoms with van der Waals surface area (Å²) in [6.45, 7) is 4.16. The van der Waals surface area contributed by atoms with Gasteiger partial charge in [-0.3, -0.25) is 9.89 Å². The molecule has 4 heterocycles. The number of rotatable bonds is 1. The molecule has 7 heteroatoms. The summed E-state index contributed by atoms with van der Waals surface area (Å²) in [4.78, 5) is 22.1. The lowest BCUT2D eigenvalue weighted by Gasteiger charge is -2.32. The van der Waals surface area contributed by atoms with Crippen molar-refractivity contribution in [2.45, 2.75) is 44.4 Å². The van der Waals surface area contributed by atoms with Crippen LogP contribution >= 0.6 is 11.3 Å². The molecule has 3 aromatic heterocycles. The summed E-state index contributed by atoms with van der Waals surface area (Å²) in [6, 6.07) is 0. The minimum atomic E-state index is -0.0566. The molecule has 6 nitrogen and oxygen atoms in total. The van der Waals surface area contributed by atoms with Gasteiger partial charge in [0.15, 0.2) is 0 Å². The van der Waals surface area contributed by atoms with Gasteiger partial charge in [0.05, 0.1) is 11.2 Å². The molecule has 25 heavy (non-hydrogen) atoms. The van der Waals surface area contributed by atoms with Crippen LogP contribution in [0.4, 0.5) is 0 Å². The normalized spacial score (nSPS) is 19.4. The Morgan fingerprint density at radius 2 is 2.08 bits per heavy atom. The molecule has 130 valence electrons. The summed E-state index contributed by atoms with van der Waals surface area (Å²) in [7, 11) is 0. The largest absolute Gasteiger partial charge is 0.317 e. The van der Waals surface area contributed by atoms with Gasteiger partial charge in [0, 0.05) is 22.1 Å². The lowest BCUT2D eigenvalue weighted by molar-refractivity contribution is 0.319. The Balaban J connectivity index is 1.74. The van der Waals surface area contributed by atoms with Crippen molar-refractivity contribution in [1.82, 2.24) is 25.5 Å². The highest BCUT2D eigenvalue weighted by molar-refractivity contribution is 7.22. The van der Waals surface area contributed by atoms with Gasteiger partial charge < -0.3 is 10.3 Å². The Morgan fingerprint density at radius 3 is 2.92 bits per heavy atom. The predicted octanol–water partition coefficient (Wildman–Crippen LogP) is 2.50. The van der Waals surface area contributed by atoms with Gasteiger partial charge in [0.1, 0.15) is 10.5 Å². The van der Waals surface area contributed by atoms with Crippen molar-refractivity contribution >= 4 is 21.6 Å². The first kappa shape index (κ1) is 15.3. The number of fused-ring (bicyclic) bond motifs is 5. The van der Waals surface area contributed by atoms with Crippen LogP contribution in [0.5, 0.6) is 0 Å². The number of aromatic amines is 2. The maximum absolute atomic E-state index is 12.8. The zero-order valence-electron chi connectivity index (χ0n) is 14.2. The van der Waals surface area contributed by atoms with E-state index in [1.165, 1.54) is 10.4 Å².